The third kappa shape index (κ3) is 5.33. The average Bonchev–Trinajstić information content (AvgIpc) is 2.93. The van der Waals surface area contributed by atoms with Gasteiger partial charge in [0.15, 0.2) is 11.5 Å². The molecule has 0 bridgehead atoms. The number of nitrogens with one attached hydrogen (secondary N) is 1. The minimum Gasteiger partial charge on any atom is -0.490 e. The number of amides is 1. The normalized spacial score (nSPS) is 11.1. The van der Waals surface area contributed by atoms with Crippen LogP contribution >= 0.6 is 0 Å². The SMILES string of the molecule is CCOc1cc(/C=N\NC(=O)c2ccc3ccccc3c2)ccc1OC(=O)c1cccc2ccccc12. The molecule has 0 radical (unpaired) electrons. The number of fused-ring (bicyclic) bond motifs is 2. The maximum atomic E-state index is 13.0. The number of ether oxygens (including phenoxy) is 2. The summed E-state index contributed by atoms with van der Waals surface area (Å²) in [6, 6.07) is 31.6. The molecule has 0 aliphatic carbocycles. The lowest BCUT2D eigenvalue weighted by molar-refractivity contribution is 0.0730. The van der Waals surface area contributed by atoms with E-state index in [9.17, 15) is 9.59 Å². The Balaban J connectivity index is 1.31. The molecule has 0 aliphatic heterocycles. The highest BCUT2D eigenvalue weighted by Gasteiger charge is 2.15. The predicted octanol–water partition coefficient (Wildman–Crippen LogP) is 6.37. The molecule has 6 nitrogen and oxygen atoms in total. The Morgan fingerprint density at radius 2 is 1.54 bits per heavy atom. The van der Waals surface area contributed by atoms with E-state index < -0.39 is 5.97 Å². The van der Waals surface area contributed by atoms with Crippen LogP contribution in [0.1, 0.15) is 33.2 Å². The largest absolute Gasteiger partial charge is 0.490 e. The van der Waals surface area contributed by atoms with Gasteiger partial charge in [-0.15, -0.1) is 0 Å². The third-order valence-corrected chi connectivity index (χ3v) is 5.87. The molecule has 0 saturated heterocycles. The van der Waals surface area contributed by atoms with Crippen molar-refractivity contribution < 1.29 is 19.1 Å². The molecule has 6 heteroatoms. The van der Waals surface area contributed by atoms with Gasteiger partial charge in [-0.05, 0) is 70.4 Å². The van der Waals surface area contributed by atoms with Crippen molar-refractivity contribution in [3.05, 3.63) is 120 Å². The molecule has 182 valence electrons. The van der Waals surface area contributed by atoms with E-state index in [0.717, 1.165) is 21.5 Å². The lowest BCUT2D eigenvalue weighted by Crippen LogP contribution is -2.17. The fraction of sp³-hybridized carbons (Fsp3) is 0.0645. The Bertz CT molecular complexity index is 1640. The molecule has 5 aromatic rings. The van der Waals surface area contributed by atoms with Crippen molar-refractivity contribution in [1.82, 2.24) is 5.43 Å². The van der Waals surface area contributed by atoms with Gasteiger partial charge in [0, 0.05) is 5.56 Å². The molecule has 1 N–H and O–H groups in total. The number of esters is 1. The van der Waals surface area contributed by atoms with E-state index in [1.165, 1.54) is 6.21 Å². The summed E-state index contributed by atoms with van der Waals surface area (Å²) in [7, 11) is 0. The highest BCUT2D eigenvalue weighted by atomic mass is 16.6. The van der Waals surface area contributed by atoms with Crippen molar-refractivity contribution in [2.45, 2.75) is 6.92 Å². The van der Waals surface area contributed by atoms with E-state index in [1.54, 1.807) is 30.3 Å². The van der Waals surface area contributed by atoms with Crippen molar-refractivity contribution >= 4 is 39.6 Å². The van der Waals surface area contributed by atoms with E-state index in [-0.39, 0.29) is 5.91 Å². The topological polar surface area (TPSA) is 77.0 Å². The van der Waals surface area contributed by atoms with Crippen molar-refractivity contribution in [3.8, 4) is 11.5 Å². The standard InChI is InChI=1S/C31H24N2O4/c1-2-36-29-18-21(20-32-33-30(34)25-16-15-22-8-3-4-10-24(22)19-25)14-17-28(29)37-31(35)27-13-7-11-23-9-5-6-12-26(23)27/h3-20H,2H2,1H3,(H,33,34)/b32-20-. The number of nitrogens with zero attached hydrogens (tertiary/aromatic N) is 1. The van der Waals surface area contributed by atoms with Crippen LogP contribution in [-0.4, -0.2) is 24.7 Å². The summed E-state index contributed by atoms with van der Waals surface area (Å²) in [6.07, 6.45) is 1.51. The summed E-state index contributed by atoms with van der Waals surface area (Å²) in [5.74, 6) is -0.0764. The van der Waals surface area contributed by atoms with E-state index >= 15 is 0 Å². The molecule has 1 amide bonds. The Kier molecular flexibility index (Phi) is 6.90. The lowest BCUT2D eigenvalue weighted by atomic mass is 10.0. The summed E-state index contributed by atoms with van der Waals surface area (Å²) >= 11 is 0. The number of hydrogen-bond acceptors (Lipinski definition) is 5. The van der Waals surface area contributed by atoms with Gasteiger partial charge >= 0.3 is 5.97 Å². The lowest BCUT2D eigenvalue weighted by Gasteiger charge is -2.12. The number of rotatable bonds is 7. The van der Waals surface area contributed by atoms with E-state index in [0.29, 0.717) is 34.8 Å². The first kappa shape index (κ1) is 23.8. The van der Waals surface area contributed by atoms with E-state index in [4.69, 9.17) is 9.47 Å². The van der Waals surface area contributed by atoms with Crippen molar-refractivity contribution in [2.75, 3.05) is 6.61 Å². The summed E-state index contributed by atoms with van der Waals surface area (Å²) in [4.78, 5) is 25.5. The van der Waals surface area contributed by atoms with Crippen LogP contribution in [0.15, 0.2) is 108 Å². The zero-order valence-corrected chi connectivity index (χ0v) is 20.2. The Morgan fingerprint density at radius 3 is 2.38 bits per heavy atom. The molecule has 5 rings (SSSR count). The molecule has 0 spiro atoms. The van der Waals surface area contributed by atoms with Crippen LogP contribution in [0.25, 0.3) is 21.5 Å². The number of carbonyl (C=O) groups is 2. The molecule has 0 atom stereocenters. The summed E-state index contributed by atoms with van der Waals surface area (Å²) in [5.41, 5.74) is 4.22. The summed E-state index contributed by atoms with van der Waals surface area (Å²) in [6.45, 7) is 2.24. The Morgan fingerprint density at radius 1 is 0.784 bits per heavy atom. The molecule has 0 fully saturated rings. The Labute approximate surface area is 214 Å². The number of benzene rings is 5. The molecule has 37 heavy (non-hydrogen) atoms. The molecule has 0 aliphatic rings. The minimum atomic E-state index is -0.471. The van der Waals surface area contributed by atoms with Gasteiger partial charge in [0.2, 0.25) is 0 Å². The molecule has 5 aromatic carbocycles. The average molecular weight is 489 g/mol. The molecule has 0 heterocycles. The fourth-order valence-electron chi connectivity index (χ4n) is 4.08. The summed E-state index contributed by atoms with van der Waals surface area (Å²) < 4.78 is 11.4. The first-order valence-corrected chi connectivity index (χ1v) is 11.9. The van der Waals surface area contributed by atoms with Gasteiger partial charge in [-0.2, -0.15) is 5.10 Å². The maximum absolute atomic E-state index is 13.0. The van der Waals surface area contributed by atoms with E-state index in [1.807, 2.05) is 79.7 Å². The second kappa shape index (κ2) is 10.7. The van der Waals surface area contributed by atoms with Gasteiger partial charge < -0.3 is 9.47 Å². The molecule has 0 saturated carbocycles. The summed E-state index contributed by atoms with van der Waals surface area (Å²) in [5, 5.41) is 7.90. The van der Waals surface area contributed by atoms with Gasteiger partial charge in [-0.1, -0.05) is 66.7 Å². The van der Waals surface area contributed by atoms with Crippen LogP contribution in [0.2, 0.25) is 0 Å². The van der Waals surface area contributed by atoms with Crippen LogP contribution in [0, 0.1) is 0 Å². The van der Waals surface area contributed by atoms with Gasteiger partial charge in [0.1, 0.15) is 0 Å². The van der Waals surface area contributed by atoms with Gasteiger partial charge in [0.05, 0.1) is 18.4 Å². The quantitative estimate of drug-likeness (QED) is 0.125. The van der Waals surface area contributed by atoms with Crippen LogP contribution in [0.4, 0.5) is 0 Å². The zero-order chi connectivity index (χ0) is 25.6. The van der Waals surface area contributed by atoms with Crippen LogP contribution in [-0.2, 0) is 0 Å². The van der Waals surface area contributed by atoms with Crippen molar-refractivity contribution in [3.63, 3.8) is 0 Å². The number of hydrogen-bond donors (Lipinski definition) is 1. The molecule has 0 aromatic heterocycles. The van der Waals surface area contributed by atoms with E-state index in [2.05, 4.69) is 10.5 Å². The van der Waals surface area contributed by atoms with Crippen molar-refractivity contribution in [2.24, 2.45) is 5.10 Å². The minimum absolute atomic E-state index is 0.303. The maximum Gasteiger partial charge on any atom is 0.344 e. The highest BCUT2D eigenvalue weighted by Crippen LogP contribution is 2.30. The molecule has 0 unspecified atom stereocenters. The molecular weight excluding hydrogens is 464 g/mol. The highest BCUT2D eigenvalue weighted by molar-refractivity contribution is 6.05. The second-order valence-corrected chi connectivity index (χ2v) is 8.32. The van der Waals surface area contributed by atoms with Gasteiger partial charge in [-0.25, -0.2) is 10.2 Å². The first-order valence-electron chi connectivity index (χ1n) is 11.9. The second-order valence-electron chi connectivity index (χ2n) is 8.32. The monoisotopic (exact) mass is 488 g/mol. The van der Waals surface area contributed by atoms with Gasteiger partial charge in [-0.3, -0.25) is 4.79 Å². The zero-order valence-electron chi connectivity index (χ0n) is 20.2. The van der Waals surface area contributed by atoms with Crippen LogP contribution in [0.5, 0.6) is 11.5 Å². The number of carbonyl (C=O) groups excluding carboxylic acids is 2. The first-order chi connectivity index (χ1) is 18.1. The number of hydrazone groups is 1. The van der Waals surface area contributed by atoms with Crippen molar-refractivity contribution in [1.29, 1.82) is 0 Å². The van der Waals surface area contributed by atoms with Crippen LogP contribution < -0.4 is 14.9 Å². The van der Waals surface area contributed by atoms with Gasteiger partial charge in [0.25, 0.3) is 5.91 Å². The third-order valence-electron chi connectivity index (χ3n) is 5.87. The Hall–Kier alpha value is -4.97. The smallest absolute Gasteiger partial charge is 0.344 e. The van der Waals surface area contributed by atoms with Crippen LogP contribution in [0.3, 0.4) is 0 Å². The molecular formula is C31H24N2O4. The fourth-order valence-corrected chi connectivity index (χ4v) is 4.08. The predicted molar refractivity (Wildman–Crippen MR) is 146 cm³/mol.